The Hall–Kier alpha value is -3.14. The smallest absolute Gasteiger partial charge is 0.422 e. The van der Waals surface area contributed by atoms with E-state index in [9.17, 15) is 18.0 Å². The zero-order chi connectivity index (χ0) is 22.6. The maximum absolute atomic E-state index is 12.6. The summed E-state index contributed by atoms with van der Waals surface area (Å²) in [6.45, 7) is 2.29. The zero-order valence-corrected chi connectivity index (χ0v) is 17.3. The van der Waals surface area contributed by atoms with E-state index < -0.39 is 18.7 Å². The largest absolute Gasteiger partial charge is 0.482 e. The fourth-order valence-electron chi connectivity index (χ4n) is 2.52. The molecule has 0 bridgehead atoms. The molecule has 0 aliphatic carbocycles. The van der Waals surface area contributed by atoms with Gasteiger partial charge in [0, 0.05) is 16.5 Å². The minimum atomic E-state index is -4.52. The van der Waals surface area contributed by atoms with Crippen molar-refractivity contribution in [2.24, 2.45) is 0 Å². The topological polar surface area (TPSA) is 90.1 Å². The van der Waals surface area contributed by atoms with Crippen molar-refractivity contribution in [3.8, 4) is 16.9 Å². The fraction of sp³-hybridized carbons (Fsp3) is 0.300. The van der Waals surface area contributed by atoms with Crippen LogP contribution in [-0.2, 0) is 6.54 Å². The van der Waals surface area contributed by atoms with Crippen LogP contribution in [0.3, 0.4) is 0 Å². The lowest BCUT2D eigenvalue weighted by molar-refractivity contribution is -0.153. The van der Waals surface area contributed by atoms with Crippen LogP contribution < -0.4 is 10.1 Å². The molecule has 0 saturated carbocycles. The molecule has 0 unspecified atom stereocenters. The molecule has 0 radical (unpaired) electrons. The number of amides is 1. The number of hydrogen-bond donors (Lipinski definition) is 1. The molecule has 0 saturated heterocycles. The molecule has 31 heavy (non-hydrogen) atoms. The van der Waals surface area contributed by atoms with Crippen molar-refractivity contribution in [3.05, 3.63) is 59.0 Å². The van der Waals surface area contributed by atoms with E-state index in [1.54, 1.807) is 24.3 Å². The van der Waals surface area contributed by atoms with E-state index in [-0.39, 0.29) is 35.4 Å². The number of carbonyl (C=O) groups is 1. The third-order valence-corrected chi connectivity index (χ3v) is 4.30. The summed E-state index contributed by atoms with van der Waals surface area (Å²) in [6, 6.07) is 7.70. The van der Waals surface area contributed by atoms with Crippen molar-refractivity contribution in [2.45, 2.75) is 32.5 Å². The van der Waals surface area contributed by atoms with E-state index in [0.717, 1.165) is 6.20 Å². The predicted octanol–water partition coefficient (Wildman–Crippen LogP) is 4.78. The van der Waals surface area contributed by atoms with Crippen LogP contribution in [0.2, 0.25) is 5.02 Å². The summed E-state index contributed by atoms with van der Waals surface area (Å²) in [7, 11) is 0. The number of pyridine rings is 1. The Morgan fingerprint density at radius 3 is 2.58 bits per heavy atom. The number of rotatable bonds is 7. The predicted molar refractivity (Wildman–Crippen MR) is 106 cm³/mol. The van der Waals surface area contributed by atoms with Gasteiger partial charge in [-0.2, -0.15) is 18.2 Å². The van der Waals surface area contributed by atoms with E-state index in [1.165, 1.54) is 6.07 Å². The van der Waals surface area contributed by atoms with Gasteiger partial charge in [0.1, 0.15) is 11.4 Å². The summed E-state index contributed by atoms with van der Waals surface area (Å²) in [5.74, 6) is 0.122. The summed E-state index contributed by atoms with van der Waals surface area (Å²) in [5.41, 5.74) is 0.755. The molecule has 1 N–H and O–H groups in total. The minimum Gasteiger partial charge on any atom is -0.482 e. The Kier molecular flexibility index (Phi) is 6.79. The van der Waals surface area contributed by atoms with Gasteiger partial charge in [0.2, 0.25) is 5.89 Å². The van der Waals surface area contributed by atoms with Crippen molar-refractivity contribution in [2.75, 3.05) is 6.61 Å². The number of alkyl halides is 3. The lowest BCUT2D eigenvalue weighted by atomic mass is 10.0. The van der Waals surface area contributed by atoms with Gasteiger partial charge in [-0.15, -0.1) is 0 Å². The van der Waals surface area contributed by atoms with E-state index in [2.05, 4.69) is 20.4 Å². The standard InChI is InChI=1S/C20H18ClF3N4O3/c1-11(2)18-27-17(31-28-18)9-26-19(29)15-7-14(12-3-5-13(21)6-4-12)16(8-25-15)30-10-20(22,23)24/h3-8,11H,9-10H2,1-2H3,(H,26,29). The molecule has 11 heteroatoms. The molecule has 2 heterocycles. The van der Waals surface area contributed by atoms with Gasteiger partial charge < -0.3 is 14.6 Å². The van der Waals surface area contributed by atoms with E-state index >= 15 is 0 Å². The second-order valence-electron chi connectivity index (χ2n) is 6.86. The molecular weight excluding hydrogens is 437 g/mol. The Balaban J connectivity index is 1.81. The molecular formula is C20H18ClF3N4O3. The van der Waals surface area contributed by atoms with E-state index in [4.69, 9.17) is 20.9 Å². The number of hydrogen-bond acceptors (Lipinski definition) is 6. The first-order valence-corrected chi connectivity index (χ1v) is 9.56. The van der Waals surface area contributed by atoms with Crippen molar-refractivity contribution in [3.63, 3.8) is 0 Å². The van der Waals surface area contributed by atoms with Crippen LogP contribution in [0.4, 0.5) is 13.2 Å². The van der Waals surface area contributed by atoms with E-state index in [0.29, 0.717) is 16.4 Å². The fourth-order valence-corrected chi connectivity index (χ4v) is 2.64. The first-order valence-electron chi connectivity index (χ1n) is 9.18. The van der Waals surface area contributed by atoms with Gasteiger partial charge in [-0.3, -0.25) is 4.79 Å². The van der Waals surface area contributed by atoms with Crippen molar-refractivity contribution < 1.29 is 27.2 Å². The molecule has 1 aromatic carbocycles. The number of aromatic nitrogens is 3. The molecule has 1 amide bonds. The monoisotopic (exact) mass is 454 g/mol. The average molecular weight is 455 g/mol. The SMILES string of the molecule is CC(C)c1noc(CNC(=O)c2cc(-c3ccc(Cl)cc3)c(OCC(F)(F)F)cn2)n1. The number of ether oxygens (including phenoxy) is 1. The molecule has 3 aromatic rings. The average Bonchev–Trinajstić information content (AvgIpc) is 3.20. The minimum absolute atomic E-state index is 0.0205. The number of nitrogens with one attached hydrogen (secondary N) is 1. The van der Waals surface area contributed by atoms with Crippen molar-refractivity contribution in [1.82, 2.24) is 20.4 Å². The molecule has 0 fully saturated rings. The quantitative estimate of drug-likeness (QED) is 0.552. The van der Waals surface area contributed by atoms with Crippen molar-refractivity contribution >= 4 is 17.5 Å². The Morgan fingerprint density at radius 2 is 1.97 bits per heavy atom. The summed E-state index contributed by atoms with van der Waals surface area (Å²) < 4.78 is 47.8. The molecule has 7 nitrogen and oxygen atoms in total. The lowest BCUT2D eigenvalue weighted by Crippen LogP contribution is -2.24. The van der Waals surface area contributed by atoms with Crippen LogP contribution >= 0.6 is 11.6 Å². The van der Waals surface area contributed by atoms with Gasteiger partial charge >= 0.3 is 6.18 Å². The highest BCUT2D eigenvalue weighted by Crippen LogP contribution is 2.32. The lowest BCUT2D eigenvalue weighted by Gasteiger charge is -2.14. The second-order valence-corrected chi connectivity index (χ2v) is 7.30. The molecule has 0 spiro atoms. The molecule has 164 valence electrons. The highest BCUT2D eigenvalue weighted by molar-refractivity contribution is 6.30. The molecule has 0 atom stereocenters. The highest BCUT2D eigenvalue weighted by Gasteiger charge is 2.29. The normalized spacial score (nSPS) is 11.6. The van der Waals surface area contributed by atoms with Crippen LogP contribution in [0.5, 0.6) is 5.75 Å². The van der Waals surface area contributed by atoms with Crippen LogP contribution in [0.1, 0.15) is 42.0 Å². The van der Waals surface area contributed by atoms with Gasteiger partial charge in [-0.05, 0) is 23.8 Å². The summed E-state index contributed by atoms with van der Waals surface area (Å²) in [4.78, 5) is 20.6. The molecule has 0 aliphatic rings. The maximum Gasteiger partial charge on any atom is 0.422 e. The Labute approximate surface area is 180 Å². The van der Waals surface area contributed by atoms with E-state index in [1.807, 2.05) is 13.8 Å². The van der Waals surface area contributed by atoms with Crippen LogP contribution in [0.15, 0.2) is 41.1 Å². The number of benzene rings is 1. The van der Waals surface area contributed by atoms with Gasteiger partial charge in [-0.1, -0.05) is 42.7 Å². The van der Waals surface area contributed by atoms with Gasteiger partial charge in [-0.25, -0.2) is 4.98 Å². The first kappa shape index (κ1) is 22.5. The number of halogens is 4. The van der Waals surface area contributed by atoms with Gasteiger partial charge in [0.05, 0.1) is 12.7 Å². The van der Waals surface area contributed by atoms with Gasteiger partial charge in [0.15, 0.2) is 12.4 Å². The summed E-state index contributed by atoms with van der Waals surface area (Å²) in [5, 5.41) is 6.85. The van der Waals surface area contributed by atoms with Crippen LogP contribution in [0.25, 0.3) is 11.1 Å². The molecule has 0 aliphatic heterocycles. The summed E-state index contributed by atoms with van der Waals surface area (Å²) >= 11 is 5.89. The number of nitrogens with zero attached hydrogens (tertiary/aromatic N) is 3. The third kappa shape index (κ3) is 6.17. The molecule has 3 rings (SSSR count). The number of carbonyl (C=O) groups excluding carboxylic acids is 1. The zero-order valence-electron chi connectivity index (χ0n) is 16.5. The van der Waals surface area contributed by atoms with Crippen LogP contribution in [0, 0.1) is 0 Å². The third-order valence-electron chi connectivity index (χ3n) is 4.05. The Morgan fingerprint density at radius 1 is 1.26 bits per heavy atom. The highest BCUT2D eigenvalue weighted by atomic mass is 35.5. The molecule has 2 aromatic heterocycles. The van der Waals surface area contributed by atoms with Crippen LogP contribution in [-0.4, -0.2) is 33.8 Å². The maximum atomic E-state index is 12.6. The second kappa shape index (κ2) is 9.34. The summed E-state index contributed by atoms with van der Waals surface area (Å²) in [6.07, 6.45) is -3.44. The Bertz CT molecular complexity index is 1050. The van der Waals surface area contributed by atoms with Gasteiger partial charge in [0.25, 0.3) is 5.91 Å². The van der Waals surface area contributed by atoms with Crippen molar-refractivity contribution in [1.29, 1.82) is 0 Å². The first-order chi connectivity index (χ1) is 14.6.